The van der Waals surface area contributed by atoms with Crippen LogP contribution in [0.5, 0.6) is 0 Å². The lowest BCUT2D eigenvalue weighted by Gasteiger charge is -2.15. The maximum atomic E-state index is 13.5. The second-order valence-electron chi connectivity index (χ2n) is 8.40. The molecule has 1 aromatic carbocycles. The van der Waals surface area contributed by atoms with Gasteiger partial charge in [-0.2, -0.15) is 0 Å². The topological polar surface area (TPSA) is 95.2 Å². The van der Waals surface area contributed by atoms with E-state index in [1.807, 2.05) is 38.1 Å². The molecule has 0 unspecified atom stereocenters. The molecule has 4 heterocycles. The number of nitrogens with zero attached hydrogens (tertiary/aromatic N) is 3. The fourth-order valence-corrected chi connectivity index (χ4v) is 5.34. The molecule has 1 saturated heterocycles. The Balaban J connectivity index is 1.60. The van der Waals surface area contributed by atoms with Crippen molar-refractivity contribution in [1.29, 1.82) is 0 Å². The zero-order valence-corrected chi connectivity index (χ0v) is 19.3. The number of hydrogen-bond acceptors (Lipinski definition) is 6. The molecule has 1 N–H and O–H groups in total. The molecule has 1 aliphatic heterocycles. The van der Waals surface area contributed by atoms with E-state index in [2.05, 4.69) is 10.3 Å². The van der Waals surface area contributed by atoms with E-state index in [1.165, 1.54) is 20.5 Å². The Morgan fingerprint density at radius 3 is 2.82 bits per heavy atom. The Morgan fingerprint density at radius 1 is 1.21 bits per heavy atom. The molecule has 0 spiro atoms. The van der Waals surface area contributed by atoms with Crippen molar-refractivity contribution < 1.29 is 9.53 Å². The van der Waals surface area contributed by atoms with Crippen LogP contribution in [-0.4, -0.2) is 32.7 Å². The molecule has 1 aliphatic rings. The van der Waals surface area contributed by atoms with Crippen molar-refractivity contribution in [2.75, 3.05) is 11.9 Å². The number of carbonyl (C=O) groups excluding carboxylic acids is 1. The maximum Gasteiger partial charge on any atom is 0.332 e. The van der Waals surface area contributed by atoms with Gasteiger partial charge in [-0.05, 0) is 62.1 Å². The van der Waals surface area contributed by atoms with Crippen LogP contribution >= 0.6 is 11.3 Å². The third-order valence-corrected chi connectivity index (χ3v) is 7.20. The molecule has 0 radical (unpaired) electrons. The van der Waals surface area contributed by atoms with Crippen LogP contribution in [0.4, 0.5) is 5.69 Å². The van der Waals surface area contributed by atoms with Gasteiger partial charge in [0.15, 0.2) is 0 Å². The van der Waals surface area contributed by atoms with E-state index in [0.717, 1.165) is 24.0 Å². The summed E-state index contributed by atoms with van der Waals surface area (Å²) in [5, 5.41) is 3.56. The Bertz CT molecular complexity index is 1490. The van der Waals surface area contributed by atoms with Crippen LogP contribution < -0.4 is 16.6 Å². The van der Waals surface area contributed by atoms with Crippen LogP contribution in [0.3, 0.4) is 0 Å². The normalized spacial score (nSPS) is 16.0. The summed E-state index contributed by atoms with van der Waals surface area (Å²) in [6.07, 6.45) is 3.17. The van der Waals surface area contributed by atoms with Crippen molar-refractivity contribution >= 4 is 43.4 Å². The molecule has 0 aliphatic carbocycles. The summed E-state index contributed by atoms with van der Waals surface area (Å²) in [4.78, 5) is 44.8. The first-order valence-corrected chi connectivity index (χ1v) is 11.7. The Labute approximate surface area is 193 Å². The molecule has 8 nitrogen and oxygen atoms in total. The van der Waals surface area contributed by atoms with Gasteiger partial charge in [0.2, 0.25) is 5.91 Å². The molecular formula is C24H24N4O4S. The first kappa shape index (κ1) is 21.5. The average molecular weight is 465 g/mol. The minimum Gasteiger partial charge on any atom is -0.376 e. The molecule has 3 aromatic heterocycles. The van der Waals surface area contributed by atoms with E-state index < -0.39 is 5.69 Å². The summed E-state index contributed by atoms with van der Waals surface area (Å²) in [6, 6.07) is 9.25. The van der Waals surface area contributed by atoms with E-state index >= 15 is 0 Å². The number of fused-ring (bicyclic) bond motifs is 3. The van der Waals surface area contributed by atoms with Gasteiger partial charge < -0.3 is 10.1 Å². The largest absolute Gasteiger partial charge is 0.376 e. The number of benzene rings is 1. The number of ether oxygens (including phenoxy) is 1. The van der Waals surface area contributed by atoms with E-state index in [1.54, 1.807) is 12.3 Å². The fraction of sp³-hybridized carbons (Fsp3) is 0.333. The van der Waals surface area contributed by atoms with Gasteiger partial charge in [-0.1, -0.05) is 6.07 Å². The minimum atomic E-state index is -0.512. The van der Waals surface area contributed by atoms with Crippen LogP contribution in [0.2, 0.25) is 0 Å². The van der Waals surface area contributed by atoms with Crippen LogP contribution in [0, 0.1) is 13.8 Å². The molecule has 1 atom stereocenters. The van der Waals surface area contributed by atoms with E-state index in [0.29, 0.717) is 32.7 Å². The van der Waals surface area contributed by atoms with Crippen molar-refractivity contribution in [3.63, 3.8) is 0 Å². The smallest absolute Gasteiger partial charge is 0.332 e. The maximum absolute atomic E-state index is 13.5. The summed E-state index contributed by atoms with van der Waals surface area (Å²) in [7, 11) is 0. The lowest BCUT2D eigenvalue weighted by Crippen LogP contribution is -2.43. The molecule has 9 heteroatoms. The predicted molar refractivity (Wildman–Crippen MR) is 129 cm³/mol. The number of aromatic nitrogens is 3. The van der Waals surface area contributed by atoms with Gasteiger partial charge in [0, 0.05) is 23.9 Å². The highest BCUT2D eigenvalue weighted by atomic mass is 32.1. The zero-order valence-electron chi connectivity index (χ0n) is 18.5. The quantitative estimate of drug-likeness (QED) is 0.489. The van der Waals surface area contributed by atoms with Gasteiger partial charge in [0.05, 0.1) is 18.2 Å². The summed E-state index contributed by atoms with van der Waals surface area (Å²) in [6.45, 7) is 4.57. The molecule has 1 fully saturated rings. The van der Waals surface area contributed by atoms with Crippen LogP contribution in [0.15, 0.2) is 46.1 Å². The standard InChI is InChI=1S/C24H24N4O4S/c1-14-7-8-16(11-15(14)2)26-19(29)13-27-20-18-6-3-9-25-22(18)33-21(20)23(30)28(24(27)31)12-17-5-4-10-32-17/h3,6-9,11,17H,4-5,10,12-13H2,1-2H3,(H,26,29)/t17-/m1/s1. The predicted octanol–water partition coefficient (Wildman–Crippen LogP) is 3.21. The van der Waals surface area contributed by atoms with Crippen LogP contribution in [0.25, 0.3) is 20.4 Å². The summed E-state index contributed by atoms with van der Waals surface area (Å²) in [5.74, 6) is -0.341. The first-order chi connectivity index (χ1) is 15.9. The first-order valence-electron chi connectivity index (χ1n) is 10.9. The van der Waals surface area contributed by atoms with Crippen LogP contribution in [-0.2, 0) is 22.6 Å². The molecule has 4 aromatic rings. The second-order valence-corrected chi connectivity index (χ2v) is 9.40. The number of aryl methyl sites for hydroxylation is 2. The average Bonchev–Trinajstić information content (AvgIpc) is 3.45. The summed E-state index contributed by atoms with van der Waals surface area (Å²) in [5.41, 5.74) is 2.44. The zero-order chi connectivity index (χ0) is 23.1. The molecule has 0 bridgehead atoms. The van der Waals surface area contributed by atoms with Crippen molar-refractivity contribution in [2.45, 2.75) is 45.9 Å². The monoisotopic (exact) mass is 464 g/mol. The molecule has 170 valence electrons. The van der Waals surface area contributed by atoms with Crippen molar-refractivity contribution in [3.05, 3.63) is 68.5 Å². The minimum absolute atomic E-state index is 0.175. The Morgan fingerprint density at radius 2 is 2.06 bits per heavy atom. The highest BCUT2D eigenvalue weighted by Gasteiger charge is 2.24. The third kappa shape index (κ3) is 3.98. The number of amides is 1. The third-order valence-electron chi connectivity index (χ3n) is 6.11. The molecule has 1 amide bonds. The van der Waals surface area contributed by atoms with Crippen molar-refractivity contribution in [1.82, 2.24) is 14.1 Å². The second kappa shape index (κ2) is 8.57. The summed E-state index contributed by atoms with van der Waals surface area (Å²) < 4.78 is 8.68. The van der Waals surface area contributed by atoms with Gasteiger partial charge in [0.25, 0.3) is 5.56 Å². The van der Waals surface area contributed by atoms with Gasteiger partial charge >= 0.3 is 5.69 Å². The van der Waals surface area contributed by atoms with E-state index in [4.69, 9.17) is 4.74 Å². The number of anilines is 1. The van der Waals surface area contributed by atoms with E-state index in [-0.39, 0.29) is 30.7 Å². The van der Waals surface area contributed by atoms with Crippen LogP contribution in [0.1, 0.15) is 24.0 Å². The number of pyridine rings is 1. The SMILES string of the molecule is Cc1ccc(NC(=O)Cn2c(=O)n(C[C@H]3CCCO3)c(=O)c3sc4ncccc4c32)cc1C. The lowest BCUT2D eigenvalue weighted by molar-refractivity contribution is -0.116. The molecule has 33 heavy (non-hydrogen) atoms. The van der Waals surface area contributed by atoms with Crippen molar-refractivity contribution in [3.8, 4) is 0 Å². The number of rotatable bonds is 5. The Hall–Kier alpha value is -3.30. The number of nitrogens with one attached hydrogen (secondary N) is 1. The van der Waals surface area contributed by atoms with Gasteiger partial charge in [-0.25, -0.2) is 9.78 Å². The Kier molecular flexibility index (Phi) is 5.59. The highest BCUT2D eigenvalue weighted by molar-refractivity contribution is 7.25. The highest BCUT2D eigenvalue weighted by Crippen LogP contribution is 2.29. The van der Waals surface area contributed by atoms with Crippen molar-refractivity contribution in [2.24, 2.45) is 0 Å². The number of carbonyl (C=O) groups is 1. The number of thiophene rings is 1. The number of hydrogen-bond donors (Lipinski definition) is 1. The molecule has 0 saturated carbocycles. The van der Waals surface area contributed by atoms with E-state index in [9.17, 15) is 14.4 Å². The van der Waals surface area contributed by atoms with Gasteiger partial charge in [0.1, 0.15) is 16.1 Å². The van der Waals surface area contributed by atoms with Gasteiger partial charge in [-0.15, -0.1) is 11.3 Å². The fourth-order valence-electron chi connectivity index (χ4n) is 4.25. The van der Waals surface area contributed by atoms with Gasteiger partial charge in [-0.3, -0.25) is 18.7 Å². The molecule has 5 rings (SSSR count). The molecular weight excluding hydrogens is 440 g/mol. The summed E-state index contributed by atoms with van der Waals surface area (Å²) >= 11 is 1.24. The lowest BCUT2D eigenvalue weighted by atomic mass is 10.1.